The summed E-state index contributed by atoms with van der Waals surface area (Å²) < 4.78 is 5.10. The summed E-state index contributed by atoms with van der Waals surface area (Å²) >= 11 is 0. The van der Waals surface area contributed by atoms with E-state index in [2.05, 4.69) is 12.4 Å². The van der Waals surface area contributed by atoms with Crippen molar-refractivity contribution < 1.29 is 14.7 Å². The highest BCUT2D eigenvalue weighted by Gasteiger charge is 1.95. The molecule has 0 aromatic rings. The molecule has 0 unspecified atom stereocenters. The molecule has 0 saturated heterocycles. The molecule has 0 saturated carbocycles. The number of hydroxylamine groups is 1. The monoisotopic (exact) mass is 373 g/mol. The molecular formula is C22H47NO3. The maximum atomic E-state index is 8.55. The van der Waals surface area contributed by atoms with Crippen molar-refractivity contribution in [2.24, 2.45) is 0 Å². The molecule has 0 rings (SSSR count). The summed E-state index contributed by atoms with van der Waals surface area (Å²) in [5, 5.41) is 8.55. The molecule has 0 aromatic heterocycles. The van der Waals surface area contributed by atoms with Gasteiger partial charge in [-0.2, -0.15) is 0 Å². The predicted molar refractivity (Wildman–Crippen MR) is 111 cm³/mol. The first kappa shape index (κ1) is 25.8. The van der Waals surface area contributed by atoms with E-state index in [9.17, 15) is 0 Å². The molecule has 4 nitrogen and oxygen atoms in total. The Morgan fingerprint density at radius 1 is 0.577 bits per heavy atom. The fourth-order valence-corrected chi connectivity index (χ4v) is 3.16. The summed E-state index contributed by atoms with van der Waals surface area (Å²) in [4.78, 5) is 5.25. The van der Waals surface area contributed by atoms with Gasteiger partial charge in [0, 0.05) is 6.54 Å². The average molecular weight is 374 g/mol. The number of rotatable bonds is 23. The van der Waals surface area contributed by atoms with Crippen molar-refractivity contribution in [3.63, 3.8) is 0 Å². The molecule has 0 spiro atoms. The van der Waals surface area contributed by atoms with Gasteiger partial charge in [-0.15, -0.1) is 0 Å². The first-order valence-corrected chi connectivity index (χ1v) is 11.4. The van der Waals surface area contributed by atoms with Crippen molar-refractivity contribution in [1.82, 2.24) is 5.48 Å². The Labute approximate surface area is 163 Å². The quantitative estimate of drug-likeness (QED) is 0.176. The third kappa shape index (κ3) is 23.8. The standard InChI is InChI=1S/C22H47NO3/c1-2-3-4-5-6-7-8-9-10-11-12-13-14-15-16-17-18-23-26-22-21-25-20-19-24/h23-24H,2-22H2,1H3. The lowest BCUT2D eigenvalue weighted by Gasteiger charge is -2.06. The van der Waals surface area contributed by atoms with Gasteiger partial charge in [-0.1, -0.05) is 103 Å². The highest BCUT2D eigenvalue weighted by molar-refractivity contribution is 4.50. The minimum atomic E-state index is 0.0760. The SMILES string of the molecule is CCCCCCCCCCCCCCCCCCNOCCOCCO. The van der Waals surface area contributed by atoms with Crippen LogP contribution in [0.3, 0.4) is 0 Å². The zero-order valence-electron chi connectivity index (χ0n) is 17.6. The number of aliphatic hydroxyl groups excluding tert-OH is 1. The lowest BCUT2D eigenvalue weighted by Crippen LogP contribution is -2.19. The molecule has 4 heteroatoms. The Kier molecular flexibility index (Phi) is 24.7. The fraction of sp³-hybridized carbons (Fsp3) is 1.00. The summed E-state index contributed by atoms with van der Waals surface area (Å²) in [6, 6.07) is 0. The van der Waals surface area contributed by atoms with E-state index in [0.29, 0.717) is 19.8 Å². The number of ether oxygens (including phenoxy) is 1. The molecule has 0 radical (unpaired) electrons. The van der Waals surface area contributed by atoms with E-state index in [1.807, 2.05) is 0 Å². The van der Waals surface area contributed by atoms with E-state index < -0.39 is 0 Å². The third-order valence-electron chi connectivity index (χ3n) is 4.80. The maximum absolute atomic E-state index is 8.55. The molecule has 2 N–H and O–H groups in total. The predicted octanol–water partition coefficient (Wildman–Crippen LogP) is 5.78. The first-order valence-electron chi connectivity index (χ1n) is 11.4. The van der Waals surface area contributed by atoms with Crippen LogP contribution in [0.15, 0.2) is 0 Å². The van der Waals surface area contributed by atoms with Crippen LogP contribution in [0.1, 0.15) is 110 Å². The first-order chi connectivity index (χ1) is 12.9. The van der Waals surface area contributed by atoms with E-state index in [1.54, 1.807) is 0 Å². The van der Waals surface area contributed by atoms with Crippen molar-refractivity contribution in [3.8, 4) is 0 Å². The third-order valence-corrected chi connectivity index (χ3v) is 4.80. The Morgan fingerprint density at radius 2 is 1.04 bits per heavy atom. The van der Waals surface area contributed by atoms with Crippen molar-refractivity contribution in [2.45, 2.75) is 110 Å². The average Bonchev–Trinajstić information content (AvgIpc) is 2.66. The summed E-state index contributed by atoms with van der Waals surface area (Å²) in [6.07, 6.45) is 22.4. The molecule has 0 atom stereocenters. The van der Waals surface area contributed by atoms with Crippen LogP contribution >= 0.6 is 0 Å². The van der Waals surface area contributed by atoms with Gasteiger partial charge in [0.05, 0.1) is 26.4 Å². The topological polar surface area (TPSA) is 50.7 Å². The summed E-state index contributed by atoms with van der Waals surface area (Å²) in [5.41, 5.74) is 2.97. The molecular weight excluding hydrogens is 326 g/mol. The molecule has 0 aliphatic heterocycles. The van der Waals surface area contributed by atoms with Gasteiger partial charge in [0.25, 0.3) is 0 Å². The number of unbranched alkanes of at least 4 members (excludes halogenated alkanes) is 15. The molecule has 0 aromatic carbocycles. The van der Waals surface area contributed by atoms with Crippen LogP contribution in [0.5, 0.6) is 0 Å². The van der Waals surface area contributed by atoms with Crippen LogP contribution in [-0.2, 0) is 9.57 Å². The van der Waals surface area contributed by atoms with Crippen molar-refractivity contribution in [1.29, 1.82) is 0 Å². The summed E-state index contributed by atoms with van der Waals surface area (Å²) in [6.45, 7) is 4.74. The van der Waals surface area contributed by atoms with E-state index >= 15 is 0 Å². The van der Waals surface area contributed by atoms with Gasteiger partial charge in [0.2, 0.25) is 0 Å². The molecule has 0 bridgehead atoms. The van der Waals surface area contributed by atoms with Gasteiger partial charge in [0.15, 0.2) is 0 Å². The van der Waals surface area contributed by atoms with E-state index in [4.69, 9.17) is 14.7 Å². The molecule has 0 amide bonds. The largest absolute Gasteiger partial charge is 0.394 e. The highest BCUT2D eigenvalue weighted by atomic mass is 16.7. The van der Waals surface area contributed by atoms with Crippen LogP contribution in [0.25, 0.3) is 0 Å². The van der Waals surface area contributed by atoms with E-state index in [1.165, 1.54) is 103 Å². The number of nitrogens with one attached hydrogen (secondary N) is 1. The number of hydrogen-bond donors (Lipinski definition) is 2. The van der Waals surface area contributed by atoms with Crippen LogP contribution < -0.4 is 5.48 Å². The second-order valence-electron chi connectivity index (χ2n) is 7.38. The maximum Gasteiger partial charge on any atom is 0.0916 e. The Hall–Kier alpha value is -0.160. The lowest BCUT2D eigenvalue weighted by molar-refractivity contribution is -0.0112. The second kappa shape index (κ2) is 24.8. The van der Waals surface area contributed by atoms with Gasteiger partial charge in [-0.05, 0) is 6.42 Å². The van der Waals surface area contributed by atoms with Gasteiger partial charge in [-0.3, -0.25) is 4.84 Å². The highest BCUT2D eigenvalue weighted by Crippen LogP contribution is 2.13. The summed E-state index contributed by atoms with van der Waals surface area (Å²) in [7, 11) is 0. The van der Waals surface area contributed by atoms with E-state index in [0.717, 1.165) is 6.54 Å². The zero-order valence-corrected chi connectivity index (χ0v) is 17.6. The van der Waals surface area contributed by atoms with Gasteiger partial charge < -0.3 is 9.84 Å². The van der Waals surface area contributed by atoms with Crippen molar-refractivity contribution in [3.05, 3.63) is 0 Å². The van der Waals surface area contributed by atoms with Crippen molar-refractivity contribution in [2.75, 3.05) is 33.0 Å². The Bertz CT molecular complexity index is 215. The number of aliphatic hydroxyl groups is 1. The van der Waals surface area contributed by atoms with Crippen LogP contribution in [0, 0.1) is 0 Å². The molecule has 0 aliphatic rings. The molecule has 0 heterocycles. The fourth-order valence-electron chi connectivity index (χ4n) is 3.16. The van der Waals surface area contributed by atoms with Crippen LogP contribution in [-0.4, -0.2) is 38.1 Å². The van der Waals surface area contributed by atoms with Gasteiger partial charge >= 0.3 is 0 Å². The lowest BCUT2D eigenvalue weighted by atomic mass is 10.0. The van der Waals surface area contributed by atoms with Crippen molar-refractivity contribution >= 4 is 0 Å². The molecule has 158 valence electrons. The Balaban J connectivity index is 2.95. The minimum Gasteiger partial charge on any atom is -0.394 e. The number of hydrogen-bond acceptors (Lipinski definition) is 4. The molecule has 0 aliphatic carbocycles. The van der Waals surface area contributed by atoms with Crippen LogP contribution in [0.2, 0.25) is 0 Å². The van der Waals surface area contributed by atoms with E-state index in [-0.39, 0.29) is 6.61 Å². The molecule has 0 fully saturated rings. The van der Waals surface area contributed by atoms with Gasteiger partial charge in [0.1, 0.15) is 0 Å². The zero-order chi connectivity index (χ0) is 19.0. The summed E-state index contributed by atoms with van der Waals surface area (Å²) in [5.74, 6) is 0. The van der Waals surface area contributed by atoms with Gasteiger partial charge in [-0.25, -0.2) is 5.48 Å². The smallest absolute Gasteiger partial charge is 0.0916 e. The minimum absolute atomic E-state index is 0.0760. The second-order valence-corrected chi connectivity index (χ2v) is 7.38. The van der Waals surface area contributed by atoms with Crippen LogP contribution in [0.4, 0.5) is 0 Å². The normalized spacial score (nSPS) is 11.3. The Morgan fingerprint density at radius 3 is 1.50 bits per heavy atom. The molecule has 26 heavy (non-hydrogen) atoms.